The number of nitrogens with zero attached hydrogens (tertiary/aromatic N) is 3. The van der Waals surface area contributed by atoms with Gasteiger partial charge in [0.25, 0.3) is 5.91 Å². The van der Waals surface area contributed by atoms with Crippen molar-refractivity contribution in [2.45, 2.75) is 18.9 Å². The fourth-order valence-electron chi connectivity index (χ4n) is 2.65. The highest BCUT2D eigenvalue weighted by molar-refractivity contribution is 5.94. The normalized spacial score (nSPS) is 18.2. The van der Waals surface area contributed by atoms with Crippen LogP contribution in [0.5, 0.6) is 0 Å². The highest BCUT2D eigenvalue weighted by atomic mass is 19.1. The molecule has 0 aromatic carbocycles. The van der Waals surface area contributed by atoms with Crippen molar-refractivity contribution in [3.05, 3.63) is 59.9 Å². The maximum atomic E-state index is 13.7. The number of rotatable bonds is 2. The second kappa shape index (κ2) is 5.36. The van der Waals surface area contributed by atoms with Crippen LogP contribution in [0.2, 0.25) is 0 Å². The predicted molar refractivity (Wildman–Crippen MR) is 71.4 cm³/mol. The van der Waals surface area contributed by atoms with Gasteiger partial charge in [-0.05, 0) is 36.6 Å². The average Bonchev–Trinajstić information content (AvgIpc) is 2.97. The summed E-state index contributed by atoms with van der Waals surface area (Å²) in [6, 6.07) is 5.23. The van der Waals surface area contributed by atoms with Gasteiger partial charge in [0, 0.05) is 25.1 Å². The summed E-state index contributed by atoms with van der Waals surface area (Å²) in [5, 5.41) is 0. The summed E-state index contributed by atoms with van der Waals surface area (Å²) in [5.74, 6) is -0.845. The Kier molecular flexibility index (Phi) is 3.41. The average molecular weight is 271 g/mol. The maximum absolute atomic E-state index is 13.7. The van der Waals surface area contributed by atoms with E-state index >= 15 is 0 Å². The Bertz CT molecular complexity index is 618. The lowest BCUT2D eigenvalue weighted by Gasteiger charge is -2.25. The summed E-state index contributed by atoms with van der Waals surface area (Å²) in [6.07, 6.45) is 7.75. The quantitative estimate of drug-likeness (QED) is 0.843. The molecule has 0 saturated carbocycles. The number of hydrogen-bond donors (Lipinski definition) is 0. The van der Waals surface area contributed by atoms with E-state index in [2.05, 4.69) is 9.97 Å². The third kappa shape index (κ3) is 2.27. The number of hydrogen-bond acceptors (Lipinski definition) is 3. The monoisotopic (exact) mass is 271 g/mol. The zero-order chi connectivity index (χ0) is 13.9. The molecule has 1 saturated heterocycles. The summed E-state index contributed by atoms with van der Waals surface area (Å²) in [7, 11) is 0. The smallest absolute Gasteiger partial charge is 0.257 e. The van der Waals surface area contributed by atoms with Crippen molar-refractivity contribution in [3.8, 4) is 0 Å². The summed E-state index contributed by atoms with van der Waals surface area (Å²) >= 11 is 0. The van der Waals surface area contributed by atoms with Crippen molar-refractivity contribution in [2.75, 3.05) is 6.54 Å². The molecule has 0 spiro atoms. The minimum atomic E-state index is -0.571. The minimum Gasteiger partial charge on any atom is -0.332 e. The molecule has 0 N–H and O–H groups in total. The van der Waals surface area contributed by atoms with Crippen molar-refractivity contribution in [1.82, 2.24) is 14.9 Å². The van der Waals surface area contributed by atoms with Crippen LogP contribution in [0.25, 0.3) is 0 Å². The molecule has 0 aliphatic carbocycles. The van der Waals surface area contributed by atoms with E-state index in [0.29, 0.717) is 6.54 Å². The first kappa shape index (κ1) is 12.7. The summed E-state index contributed by atoms with van der Waals surface area (Å²) in [6.45, 7) is 0.646. The zero-order valence-electron chi connectivity index (χ0n) is 10.9. The highest BCUT2D eigenvalue weighted by Gasteiger charge is 2.31. The van der Waals surface area contributed by atoms with Crippen LogP contribution in [0.1, 0.15) is 34.8 Å². The van der Waals surface area contributed by atoms with E-state index in [1.54, 1.807) is 17.3 Å². The number of amides is 1. The van der Waals surface area contributed by atoms with E-state index in [-0.39, 0.29) is 17.5 Å². The molecule has 3 rings (SSSR count). The van der Waals surface area contributed by atoms with Gasteiger partial charge in [0.2, 0.25) is 0 Å². The van der Waals surface area contributed by atoms with Crippen LogP contribution in [-0.2, 0) is 0 Å². The first-order valence-corrected chi connectivity index (χ1v) is 6.58. The maximum Gasteiger partial charge on any atom is 0.257 e. The molecule has 2 aromatic heterocycles. The topological polar surface area (TPSA) is 46.1 Å². The van der Waals surface area contributed by atoms with E-state index in [4.69, 9.17) is 0 Å². The van der Waals surface area contributed by atoms with E-state index < -0.39 is 5.82 Å². The van der Waals surface area contributed by atoms with E-state index in [9.17, 15) is 9.18 Å². The number of carbonyl (C=O) groups excluding carboxylic acids is 1. The molecule has 102 valence electrons. The zero-order valence-corrected chi connectivity index (χ0v) is 10.9. The number of carbonyl (C=O) groups is 1. The summed E-state index contributed by atoms with van der Waals surface area (Å²) in [5.41, 5.74) is 1.13. The molecule has 2 aromatic rings. The molecule has 5 heteroatoms. The van der Waals surface area contributed by atoms with Gasteiger partial charge in [-0.15, -0.1) is 0 Å². The molecule has 1 amide bonds. The lowest BCUT2D eigenvalue weighted by atomic mass is 10.1. The van der Waals surface area contributed by atoms with Gasteiger partial charge >= 0.3 is 0 Å². The fraction of sp³-hybridized carbons (Fsp3) is 0.267. The third-order valence-electron chi connectivity index (χ3n) is 3.61. The third-order valence-corrected chi connectivity index (χ3v) is 3.61. The molecule has 1 aliphatic rings. The molecule has 1 aliphatic heterocycles. The Morgan fingerprint density at radius 1 is 1.20 bits per heavy atom. The standard InChI is InChI=1S/C15H14FN3O/c16-13-10-18-8-5-12(13)15(20)19-9-1-2-14(19)11-3-6-17-7-4-11/h3-8,10,14H,1-2,9H2. The van der Waals surface area contributed by atoms with Crippen LogP contribution in [0.3, 0.4) is 0 Å². The minimum absolute atomic E-state index is 0.00179. The van der Waals surface area contributed by atoms with Crippen LogP contribution in [0, 0.1) is 5.82 Å². The number of halogens is 1. The Labute approximate surface area is 116 Å². The van der Waals surface area contributed by atoms with E-state index in [1.165, 1.54) is 12.3 Å². The lowest BCUT2D eigenvalue weighted by Crippen LogP contribution is -2.31. The molecule has 0 radical (unpaired) electrons. The van der Waals surface area contributed by atoms with Gasteiger partial charge in [-0.3, -0.25) is 14.8 Å². The second-order valence-corrected chi connectivity index (χ2v) is 4.79. The fourth-order valence-corrected chi connectivity index (χ4v) is 2.65. The molecular formula is C15H14FN3O. The molecule has 1 fully saturated rings. The molecule has 20 heavy (non-hydrogen) atoms. The van der Waals surface area contributed by atoms with Crippen LogP contribution in [0.4, 0.5) is 4.39 Å². The Morgan fingerprint density at radius 3 is 2.70 bits per heavy atom. The summed E-state index contributed by atoms with van der Waals surface area (Å²) < 4.78 is 13.7. The van der Waals surface area contributed by atoms with Crippen molar-refractivity contribution in [2.24, 2.45) is 0 Å². The molecule has 1 unspecified atom stereocenters. The Hall–Kier alpha value is -2.30. The Balaban J connectivity index is 1.90. The molecule has 0 bridgehead atoms. The van der Waals surface area contributed by atoms with Crippen molar-refractivity contribution in [3.63, 3.8) is 0 Å². The van der Waals surface area contributed by atoms with Gasteiger partial charge in [0.15, 0.2) is 5.82 Å². The van der Waals surface area contributed by atoms with Gasteiger partial charge in [-0.2, -0.15) is 0 Å². The number of aromatic nitrogens is 2. The van der Waals surface area contributed by atoms with E-state index in [0.717, 1.165) is 24.6 Å². The van der Waals surface area contributed by atoms with Crippen LogP contribution in [-0.4, -0.2) is 27.3 Å². The molecule has 3 heterocycles. The first-order valence-electron chi connectivity index (χ1n) is 6.58. The highest BCUT2D eigenvalue weighted by Crippen LogP contribution is 2.32. The molecule has 4 nitrogen and oxygen atoms in total. The van der Waals surface area contributed by atoms with Crippen molar-refractivity contribution >= 4 is 5.91 Å². The van der Waals surface area contributed by atoms with Crippen molar-refractivity contribution < 1.29 is 9.18 Å². The van der Waals surface area contributed by atoms with Gasteiger partial charge in [-0.1, -0.05) is 0 Å². The van der Waals surface area contributed by atoms with Gasteiger partial charge in [0.05, 0.1) is 17.8 Å². The first-order chi connectivity index (χ1) is 9.77. The largest absolute Gasteiger partial charge is 0.332 e. The van der Waals surface area contributed by atoms with Gasteiger partial charge < -0.3 is 4.90 Å². The number of pyridine rings is 2. The van der Waals surface area contributed by atoms with E-state index in [1.807, 2.05) is 12.1 Å². The lowest BCUT2D eigenvalue weighted by molar-refractivity contribution is 0.0730. The van der Waals surface area contributed by atoms with Crippen LogP contribution < -0.4 is 0 Å². The van der Waals surface area contributed by atoms with Crippen LogP contribution in [0.15, 0.2) is 43.0 Å². The Morgan fingerprint density at radius 2 is 1.95 bits per heavy atom. The predicted octanol–water partition coefficient (Wildman–Crippen LogP) is 2.59. The molecular weight excluding hydrogens is 257 g/mol. The summed E-state index contributed by atoms with van der Waals surface area (Å²) in [4.78, 5) is 21.9. The van der Waals surface area contributed by atoms with Gasteiger partial charge in [-0.25, -0.2) is 4.39 Å². The molecule has 1 atom stereocenters. The van der Waals surface area contributed by atoms with Crippen LogP contribution >= 0.6 is 0 Å². The second-order valence-electron chi connectivity index (χ2n) is 4.79. The SMILES string of the molecule is O=C(c1ccncc1F)N1CCCC1c1ccncc1. The van der Waals surface area contributed by atoms with Crippen molar-refractivity contribution in [1.29, 1.82) is 0 Å². The van der Waals surface area contributed by atoms with Gasteiger partial charge in [0.1, 0.15) is 0 Å². The number of likely N-dealkylation sites (tertiary alicyclic amines) is 1.